The Morgan fingerprint density at radius 3 is 2.62 bits per heavy atom. The first-order valence-corrected chi connectivity index (χ1v) is 6.49. The third kappa shape index (κ3) is 2.24. The summed E-state index contributed by atoms with van der Waals surface area (Å²) < 4.78 is 0. The first kappa shape index (κ1) is 11.5. The van der Waals surface area contributed by atoms with Gasteiger partial charge in [0, 0.05) is 16.9 Å². The Morgan fingerprint density at radius 1 is 1.25 bits per heavy atom. The van der Waals surface area contributed by atoms with E-state index in [2.05, 4.69) is 39.7 Å². The zero-order chi connectivity index (χ0) is 11.5. The molecule has 84 valence electrons. The summed E-state index contributed by atoms with van der Waals surface area (Å²) in [7, 11) is 0. The minimum atomic E-state index is 0.391. The highest BCUT2D eigenvalue weighted by Gasteiger charge is 2.16. The standard InChI is InChI=1S/C13H15BrN2/c1-3-10(14)9(2)13-8-15-11-6-4-5-7-12(11)16-13/h4-10H,3H2,1-2H3. The number of rotatable bonds is 3. The van der Waals surface area contributed by atoms with E-state index in [9.17, 15) is 0 Å². The van der Waals surface area contributed by atoms with Crippen molar-refractivity contribution in [3.8, 4) is 0 Å². The quantitative estimate of drug-likeness (QED) is 0.796. The largest absolute Gasteiger partial charge is 0.253 e. The van der Waals surface area contributed by atoms with Gasteiger partial charge in [-0.2, -0.15) is 0 Å². The molecule has 0 radical (unpaired) electrons. The van der Waals surface area contributed by atoms with Gasteiger partial charge in [0.15, 0.2) is 0 Å². The minimum Gasteiger partial charge on any atom is -0.253 e. The highest BCUT2D eigenvalue weighted by atomic mass is 79.9. The summed E-state index contributed by atoms with van der Waals surface area (Å²) in [6.45, 7) is 4.35. The smallest absolute Gasteiger partial charge is 0.0890 e. The highest BCUT2D eigenvalue weighted by molar-refractivity contribution is 9.09. The molecule has 0 saturated heterocycles. The Morgan fingerprint density at radius 2 is 1.94 bits per heavy atom. The van der Waals surface area contributed by atoms with Crippen molar-refractivity contribution in [3.05, 3.63) is 36.2 Å². The predicted molar refractivity (Wildman–Crippen MR) is 71.0 cm³/mol. The fraction of sp³-hybridized carbons (Fsp3) is 0.385. The molecule has 0 aliphatic rings. The van der Waals surface area contributed by atoms with E-state index in [0.717, 1.165) is 23.1 Å². The van der Waals surface area contributed by atoms with Gasteiger partial charge in [-0.3, -0.25) is 4.98 Å². The molecule has 2 rings (SSSR count). The van der Waals surface area contributed by atoms with Crippen molar-refractivity contribution in [2.75, 3.05) is 0 Å². The molecule has 0 saturated carbocycles. The maximum atomic E-state index is 4.65. The van der Waals surface area contributed by atoms with Gasteiger partial charge in [-0.15, -0.1) is 0 Å². The normalized spacial score (nSPS) is 14.9. The second-order valence-electron chi connectivity index (χ2n) is 4.00. The Bertz CT molecular complexity index is 484. The number of fused-ring (bicyclic) bond motifs is 1. The van der Waals surface area contributed by atoms with Crippen LogP contribution in [0, 0.1) is 0 Å². The molecule has 0 bridgehead atoms. The van der Waals surface area contributed by atoms with Gasteiger partial charge in [-0.1, -0.05) is 41.9 Å². The Labute approximate surface area is 104 Å². The van der Waals surface area contributed by atoms with Crippen molar-refractivity contribution in [2.45, 2.75) is 31.0 Å². The van der Waals surface area contributed by atoms with E-state index in [1.54, 1.807) is 0 Å². The van der Waals surface area contributed by atoms with Gasteiger partial charge in [-0.25, -0.2) is 4.98 Å². The minimum absolute atomic E-state index is 0.391. The average Bonchev–Trinajstić information content (AvgIpc) is 2.36. The van der Waals surface area contributed by atoms with E-state index in [-0.39, 0.29) is 0 Å². The maximum Gasteiger partial charge on any atom is 0.0890 e. The molecule has 2 atom stereocenters. The number of para-hydroxylation sites is 2. The van der Waals surface area contributed by atoms with Crippen molar-refractivity contribution in [1.29, 1.82) is 0 Å². The number of hydrogen-bond acceptors (Lipinski definition) is 2. The lowest BCUT2D eigenvalue weighted by Crippen LogP contribution is -2.10. The molecule has 0 aliphatic carbocycles. The van der Waals surface area contributed by atoms with Crippen LogP contribution in [0.25, 0.3) is 11.0 Å². The lowest BCUT2D eigenvalue weighted by Gasteiger charge is -2.15. The van der Waals surface area contributed by atoms with Crippen LogP contribution in [0.1, 0.15) is 31.9 Å². The summed E-state index contributed by atoms with van der Waals surface area (Å²) in [6, 6.07) is 7.98. The van der Waals surface area contributed by atoms with Gasteiger partial charge in [0.05, 0.1) is 16.7 Å². The van der Waals surface area contributed by atoms with Gasteiger partial charge < -0.3 is 0 Å². The van der Waals surface area contributed by atoms with Gasteiger partial charge in [0.25, 0.3) is 0 Å². The monoisotopic (exact) mass is 278 g/mol. The van der Waals surface area contributed by atoms with E-state index in [1.807, 2.05) is 30.5 Å². The second kappa shape index (κ2) is 4.91. The highest BCUT2D eigenvalue weighted by Crippen LogP contribution is 2.25. The molecule has 16 heavy (non-hydrogen) atoms. The van der Waals surface area contributed by atoms with Crippen molar-refractivity contribution in [2.24, 2.45) is 0 Å². The van der Waals surface area contributed by atoms with E-state index in [4.69, 9.17) is 0 Å². The molecule has 3 heteroatoms. The van der Waals surface area contributed by atoms with Crippen LogP contribution in [0.4, 0.5) is 0 Å². The molecule has 0 amide bonds. The average molecular weight is 279 g/mol. The molecule has 2 nitrogen and oxygen atoms in total. The van der Waals surface area contributed by atoms with E-state index in [0.29, 0.717) is 10.7 Å². The zero-order valence-electron chi connectivity index (χ0n) is 9.52. The third-order valence-corrected chi connectivity index (χ3v) is 4.31. The lowest BCUT2D eigenvalue weighted by molar-refractivity contribution is 0.674. The summed E-state index contributed by atoms with van der Waals surface area (Å²) in [4.78, 5) is 9.55. The molecule has 1 aromatic heterocycles. The molecular formula is C13H15BrN2. The first-order chi connectivity index (χ1) is 7.72. The van der Waals surface area contributed by atoms with Gasteiger partial charge in [0.2, 0.25) is 0 Å². The van der Waals surface area contributed by atoms with Crippen molar-refractivity contribution in [3.63, 3.8) is 0 Å². The Balaban J connectivity index is 2.39. The number of hydrogen-bond donors (Lipinski definition) is 0. The predicted octanol–water partition coefficient (Wildman–Crippen LogP) is 3.91. The van der Waals surface area contributed by atoms with E-state index < -0.39 is 0 Å². The number of nitrogens with zero attached hydrogens (tertiary/aromatic N) is 2. The number of halogens is 1. The maximum absolute atomic E-state index is 4.65. The molecule has 0 aliphatic heterocycles. The number of alkyl halides is 1. The Hall–Kier alpha value is -0.960. The van der Waals surface area contributed by atoms with E-state index >= 15 is 0 Å². The van der Waals surface area contributed by atoms with Crippen LogP contribution < -0.4 is 0 Å². The van der Waals surface area contributed by atoms with Crippen LogP contribution in [0.3, 0.4) is 0 Å². The van der Waals surface area contributed by atoms with Crippen LogP contribution in [-0.2, 0) is 0 Å². The molecule has 1 aromatic carbocycles. The van der Waals surface area contributed by atoms with Crippen molar-refractivity contribution < 1.29 is 0 Å². The first-order valence-electron chi connectivity index (χ1n) is 5.58. The summed E-state index contributed by atoms with van der Waals surface area (Å²) >= 11 is 3.68. The Kier molecular flexibility index (Phi) is 3.54. The van der Waals surface area contributed by atoms with Crippen LogP contribution in [-0.4, -0.2) is 14.8 Å². The summed E-state index contributed by atoms with van der Waals surface area (Å²) in [5.41, 5.74) is 2.99. The van der Waals surface area contributed by atoms with Gasteiger partial charge in [0.1, 0.15) is 0 Å². The fourth-order valence-corrected chi connectivity index (χ4v) is 2.00. The molecule has 0 fully saturated rings. The summed E-state index contributed by atoms with van der Waals surface area (Å²) in [6.07, 6.45) is 2.98. The summed E-state index contributed by atoms with van der Waals surface area (Å²) in [5, 5.41) is 0. The fourth-order valence-electron chi connectivity index (χ4n) is 1.73. The summed E-state index contributed by atoms with van der Waals surface area (Å²) in [5.74, 6) is 0.391. The SMILES string of the molecule is CCC(Br)C(C)c1cnc2ccccc2n1. The molecule has 0 N–H and O–H groups in total. The molecule has 2 aromatic rings. The molecular weight excluding hydrogens is 264 g/mol. The van der Waals surface area contributed by atoms with Crippen LogP contribution in [0.2, 0.25) is 0 Å². The van der Waals surface area contributed by atoms with Crippen LogP contribution >= 0.6 is 15.9 Å². The van der Waals surface area contributed by atoms with Crippen molar-refractivity contribution >= 4 is 27.0 Å². The zero-order valence-corrected chi connectivity index (χ0v) is 11.1. The molecule has 1 heterocycles. The van der Waals surface area contributed by atoms with Gasteiger partial charge >= 0.3 is 0 Å². The van der Waals surface area contributed by atoms with E-state index in [1.165, 1.54) is 0 Å². The van der Waals surface area contributed by atoms with Gasteiger partial charge in [-0.05, 0) is 18.6 Å². The number of benzene rings is 1. The second-order valence-corrected chi connectivity index (χ2v) is 5.17. The van der Waals surface area contributed by atoms with Crippen LogP contribution in [0.5, 0.6) is 0 Å². The topological polar surface area (TPSA) is 25.8 Å². The van der Waals surface area contributed by atoms with Crippen LogP contribution in [0.15, 0.2) is 30.5 Å². The number of aromatic nitrogens is 2. The third-order valence-electron chi connectivity index (χ3n) is 2.87. The van der Waals surface area contributed by atoms with Crippen molar-refractivity contribution in [1.82, 2.24) is 9.97 Å². The molecule has 2 unspecified atom stereocenters. The lowest BCUT2D eigenvalue weighted by atomic mass is 10.0. The molecule has 0 spiro atoms.